The van der Waals surface area contributed by atoms with E-state index in [9.17, 15) is 24.9 Å². The molecule has 1 aliphatic rings. The second-order valence-corrected chi connectivity index (χ2v) is 9.25. The molecule has 3 rings (SSSR count). The highest BCUT2D eigenvalue weighted by atomic mass is 127. The molecule has 2 aromatic carbocycles. The number of aliphatic hydroxyl groups is 1. The van der Waals surface area contributed by atoms with Gasteiger partial charge in [-0.3, -0.25) is 14.6 Å². The summed E-state index contributed by atoms with van der Waals surface area (Å²) in [6.45, 7) is 2.11. The molecule has 182 valence electrons. The molecule has 0 saturated carbocycles. The van der Waals surface area contributed by atoms with Crippen LogP contribution < -0.4 is 21.3 Å². The first kappa shape index (κ1) is 25.8. The Labute approximate surface area is 214 Å². The quantitative estimate of drug-likeness (QED) is 0.240. The Bertz CT molecular complexity index is 1110. The molecule has 0 aromatic heterocycles. The highest BCUT2D eigenvalue weighted by Crippen LogP contribution is 2.33. The number of phenols is 2. The van der Waals surface area contributed by atoms with Gasteiger partial charge in [0, 0.05) is 34.4 Å². The van der Waals surface area contributed by atoms with Crippen molar-refractivity contribution >= 4 is 57.7 Å². The van der Waals surface area contributed by atoms with Crippen LogP contribution >= 0.6 is 34.2 Å². The molecular formula is C22H25ClIN5O5. The Morgan fingerprint density at radius 3 is 2.71 bits per heavy atom. The molecule has 0 fully saturated rings. The summed E-state index contributed by atoms with van der Waals surface area (Å²) < 4.78 is 0.569. The highest BCUT2D eigenvalue weighted by Gasteiger charge is 2.20. The first-order chi connectivity index (χ1) is 16.2. The van der Waals surface area contributed by atoms with Crippen LogP contribution in [-0.4, -0.2) is 58.8 Å². The molecular weight excluding hydrogens is 577 g/mol. The van der Waals surface area contributed by atoms with Crippen LogP contribution in [-0.2, 0) is 4.79 Å². The van der Waals surface area contributed by atoms with Crippen molar-refractivity contribution in [3.05, 3.63) is 50.1 Å². The second kappa shape index (κ2) is 11.6. The highest BCUT2D eigenvalue weighted by molar-refractivity contribution is 14.1. The molecule has 1 heterocycles. The number of aliphatic hydroxyl groups excluding tert-OH is 1. The fourth-order valence-corrected chi connectivity index (χ4v) is 4.38. The number of amides is 2. The van der Waals surface area contributed by atoms with E-state index in [4.69, 9.17) is 11.6 Å². The molecule has 0 saturated heterocycles. The lowest BCUT2D eigenvalue weighted by atomic mass is 10.0. The normalized spacial score (nSPS) is 16.1. The van der Waals surface area contributed by atoms with E-state index in [1.807, 2.05) is 29.5 Å². The maximum absolute atomic E-state index is 12.6. The minimum Gasteiger partial charge on any atom is -0.508 e. The molecule has 2 amide bonds. The summed E-state index contributed by atoms with van der Waals surface area (Å²) >= 11 is 8.05. The topological polar surface area (TPSA) is 155 Å². The first-order valence-electron chi connectivity index (χ1n) is 10.5. The fraction of sp³-hybridized carbons (Fsp3) is 0.318. The minimum absolute atomic E-state index is 0.0487. The Kier molecular flexibility index (Phi) is 8.80. The number of carbonyl (C=O) groups excluding carboxylic acids is 2. The number of β-amino-alcohol motifs (C(OH)–C–C–N with tert-alkyl or cyclic N) is 1. The van der Waals surface area contributed by atoms with Gasteiger partial charge in [0.15, 0.2) is 5.96 Å². The number of aliphatic imine (C=N–C) groups is 1. The van der Waals surface area contributed by atoms with Gasteiger partial charge in [0.1, 0.15) is 11.5 Å². The SMILES string of the molecule is CCC(NC(=O)CNC(=O)c1cc(O)cc(NC2=NCC(O)CN2)c1)c1cc(Cl)cc(I)c1O. The Morgan fingerprint density at radius 2 is 2.03 bits per heavy atom. The van der Waals surface area contributed by atoms with Gasteiger partial charge in [0.05, 0.1) is 28.8 Å². The van der Waals surface area contributed by atoms with Crippen molar-refractivity contribution in [2.45, 2.75) is 25.5 Å². The standard InChI is InChI=1S/C22H25ClIN5O5/c1-2-18(16-5-12(23)6-17(24)20(16)33)29-19(32)10-25-21(34)11-3-13(7-14(30)4-11)28-22-26-8-15(31)9-27-22/h3-7,15,18,30-31,33H,2,8-10H2,1H3,(H,25,34)(H,29,32)(H2,26,27,28). The zero-order chi connectivity index (χ0) is 24.8. The van der Waals surface area contributed by atoms with Crippen LogP contribution in [0.3, 0.4) is 0 Å². The Balaban J connectivity index is 1.61. The average molecular weight is 602 g/mol. The second-order valence-electron chi connectivity index (χ2n) is 7.65. The lowest BCUT2D eigenvalue weighted by Gasteiger charge is -2.20. The molecule has 0 radical (unpaired) electrons. The number of halogens is 2. The molecule has 0 bridgehead atoms. The molecule has 0 aliphatic carbocycles. The molecule has 12 heteroatoms. The van der Waals surface area contributed by atoms with E-state index in [0.29, 0.717) is 38.8 Å². The number of hydrogen-bond donors (Lipinski definition) is 7. The summed E-state index contributed by atoms with van der Waals surface area (Å²) in [7, 11) is 0. The molecule has 10 nitrogen and oxygen atoms in total. The van der Waals surface area contributed by atoms with Crippen LogP contribution in [0.4, 0.5) is 5.69 Å². The van der Waals surface area contributed by atoms with Gasteiger partial charge < -0.3 is 36.6 Å². The summed E-state index contributed by atoms with van der Waals surface area (Å²) in [5.74, 6) is -0.699. The van der Waals surface area contributed by atoms with Crippen molar-refractivity contribution in [3.8, 4) is 11.5 Å². The van der Waals surface area contributed by atoms with Crippen LogP contribution in [0.1, 0.15) is 35.3 Å². The predicted molar refractivity (Wildman–Crippen MR) is 137 cm³/mol. The van der Waals surface area contributed by atoms with E-state index in [1.54, 1.807) is 12.1 Å². The lowest BCUT2D eigenvalue weighted by molar-refractivity contribution is -0.120. The van der Waals surface area contributed by atoms with E-state index < -0.39 is 24.0 Å². The summed E-state index contributed by atoms with van der Waals surface area (Å²) in [5.41, 5.74) is 1.05. The van der Waals surface area contributed by atoms with E-state index in [-0.39, 0.29) is 30.2 Å². The number of aromatic hydroxyl groups is 2. The van der Waals surface area contributed by atoms with E-state index >= 15 is 0 Å². The summed E-state index contributed by atoms with van der Waals surface area (Å²) in [5, 5.41) is 41.4. The third kappa shape index (κ3) is 6.87. The van der Waals surface area contributed by atoms with Crippen LogP contribution in [0, 0.1) is 3.57 Å². The van der Waals surface area contributed by atoms with Crippen molar-refractivity contribution in [2.24, 2.45) is 4.99 Å². The summed E-state index contributed by atoms with van der Waals surface area (Å²) in [6, 6.07) is 6.93. The molecule has 1 aliphatic heterocycles. The van der Waals surface area contributed by atoms with E-state index in [2.05, 4.69) is 26.3 Å². The number of phenolic OH excluding ortho intramolecular Hbond substituents is 2. The number of nitrogens with zero attached hydrogens (tertiary/aromatic N) is 1. The monoisotopic (exact) mass is 601 g/mol. The maximum Gasteiger partial charge on any atom is 0.251 e. The van der Waals surface area contributed by atoms with Gasteiger partial charge in [0.25, 0.3) is 5.91 Å². The summed E-state index contributed by atoms with van der Waals surface area (Å²) in [4.78, 5) is 29.2. The number of hydrogen-bond acceptors (Lipinski definition) is 8. The van der Waals surface area contributed by atoms with Crippen molar-refractivity contribution in [3.63, 3.8) is 0 Å². The number of benzene rings is 2. The van der Waals surface area contributed by atoms with Crippen LogP contribution in [0.15, 0.2) is 35.3 Å². The molecule has 34 heavy (non-hydrogen) atoms. The molecule has 2 aromatic rings. The van der Waals surface area contributed by atoms with Gasteiger partial charge in [-0.05, 0) is 53.3 Å². The zero-order valence-corrected chi connectivity index (χ0v) is 21.1. The van der Waals surface area contributed by atoms with Gasteiger partial charge in [-0.2, -0.15) is 0 Å². The van der Waals surface area contributed by atoms with Gasteiger partial charge in [0.2, 0.25) is 5.91 Å². The van der Waals surface area contributed by atoms with E-state index in [1.165, 1.54) is 18.2 Å². The summed E-state index contributed by atoms with van der Waals surface area (Å²) in [6.07, 6.45) is -0.0683. The maximum atomic E-state index is 12.6. The first-order valence-corrected chi connectivity index (χ1v) is 11.9. The Morgan fingerprint density at radius 1 is 1.26 bits per heavy atom. The lowest BCUT2D eigenvalue weighted by Crippen LogP contribution is -2.42. The average Bonchev–Trinajstić information content (AvgIpc) is 2.79. The number of anilines is 1. The smallest absolute Gasteiger partial charge is 0.251 e. The van der Waals surface area contributed by atoms with Crippen LogP contribution in [0.5, 0.6) is 11.5 Å². The van der Waals surface area contributed by atoms with Crippen molar-refractivity contribution in [2.75, 3.05) is 25.0 Å². The van der Waals surface area contributed by atoms with Crippen molar-refractivity contribution in [1.29, 1.82) is 0 Å². The fourth-order valence-electron chi connectivity index (χ4n) is 3.33. The third-order valence-electron chi connectivity index (χ3n) is 4.99. The number of rotatable bonds is 7. The van der Waals surface area contributed by atoms with Crippen LogP contribution in [0.2, 0.25) is 5.02 Å². The number of carbonyl (C=O) groups is 2. The van der Waals surface area contributed by atoms with Crippen molar-refractivity contribution in [1.82, 2.24) is 16.0 Å². The number of guanidine groups is 1. The number of nitrogens with one attached hydrogen (secondary N) is 4. The third-order valence-corrected chi connectivity index (χ3v) is 6.03. The van der Waals surface area contributed by atoms with Gasteiger partial charge in [-0.1, -0.05) is 18.5 Å². The molecule has 2 atom stereocenters. The minimum atomic E-state index is -0.569. The van der Waals surface area contributed by atoms with Gasteiger partial charge in [-0.15, -0.1) is 0 Å². The largest absolute Gasteiger partial charge is 0.508 e. The molecule has 2 unspecified atom stereocenters. The van der Waals surface area contributed by atoms with E-state index in [0.717, 1.165) is 0 Å². The zero-order valence-electron chi connectivity index (χ0n) is 18.2. The van der Waals surface area contributed by atoms with Gasteiger partial charge in [-0.25, -0.2) is 0 Å². The molecule has 0 spiro atoms. The van der Waals surface area contributed by atoms with Gasteiger partial charge >= 0.3 is 0 Å². The predicted octanol–water partition coefficient (Wildman–Crippen LogP) is 2.09. The molecule has 7 N–H and O–H groups in total. The van der Waals surface area contributed by atoms with Crippen LogP contribution in [0.25, 0.3) is 0 Å². The van der Waals surface area contributed by atoms with Crippen molar-refractivity contribution < 1.29 is 24.9 Å². The Hall–Kier alpha value is -2.77.